The van der Waals surface area contributed by atoms with Crippen molar-refractivity contribution < 1.29 is 4.79 Å². The Labute approximate surface area is 183 Å². The van der Waals surface area contributed by atoms with Crippen molar-refractivity contribution in [3.63, 3.8) is 0 Å². The lowest BCUT2D eigenvalue weighted by Crippen LogP contribution is -2.43. The van der Waals surface area contributed by atoms with Gasteiger partial charge in [-0.25, -0.2) is 4.98 Å². The SMILES string of the molecule is O=C(c1ccccc1)N1CCC([C@H]2c3nccn3CCCN2Cc2cccnc2)CC1. The number of amides is 1. The van der Waals surface area contributed by atoms with Gasteiger partial charge in [0.25, 0.3) is 5.91 Å². The first kappa shape index (κ1) is 19.9. The van der Waals surface area contributed by atoms with Crippen LogP contribution >= 0.6 is 0 Å². The van der Waals surface area contributed by atoms with E-state index < -0.39 is 0 Å². The molecular weight excluding hydrogens is 386 g/mol. The van der Waals surface area contributed by atoms with E-state index in [1.54, 1.807) is 0 Å². The molecule has 1 saturated heterocycles. The number of fused-ring (bicyclic) bond motifs is 1. The summed E-state index contributed by atoms with van der Waals surface area (Å²) in [5, 5.41) is 0. The number of hydrogen-bond acceptors (Lipinski definition) is 4. The standard InChI is InChI=1S/C25H29N5O/c31-25(22-7-2-1-3-8-22)29-15-9-21(10-16-29)23-24-27-12-17-28(24)13-5-14-30(23)19-20-6-4-11-26-18-20/h1-4,6-8,11-12,17-18,21,23H,5,9-10,13-16,19H2/t23-/m0/s1. The van der Waals surface area contributed by atoms with Crippen LogP contribution in [-0.4, -0.2) is 49.9 Å². The molecule has 0 radical (unpaired) electrons. The third kappa shape index (κ3) is 4.26. The van der Waals surface area contributed by atoms with Crippen molar-refractivity contribution in [2.45, 2.75) is 38.4 Å². The molecule has 2 aliphatic rings. The number of carbonyl (C=O) groups excluding carboxylic acids is 1. The second-order valence-corrected chi connectivity index (χ2v) is 8.60. The summed E-state index contributed by atoms with van der Waals surface area (Å²) < 4.78 is 2.33. The molecule has 5 rings (SSSR count). The number of carbonyl (C=O) groups is 1. The Morgan fingerprint density at radius 3 is 2.58 bits per heavy atom. The number of hydrogen-bond donors (Lipinski definition) is 0. The molecule has 1 atom stereocenters. The van der Waals surface area contributed by atoms with Gasteiger partial charge in [-0.2, -0.15) is 0 Å². The number of aryl methyl sites for hydroxylation is 1. The van der Waals surface area contributed by atoms with Crippen molar-refractivity contribution in [2.24, 2.45) is 5.92 Å². The summed E-state index contributed by atoms with van der Waals surface area (Å²) in [6.45, 7) is 4.55. The molecule has 6 nitrogen and oxygen atoms in total. The number of imidazole rings is 1. The second-order valence-electron chi connectivity index (χ2n) is 8.60. The molecule has 2 aliphatic heterocycles. The minimum atomic E-state index is 0.147. The Morgan fingerprint density at radius 2 is 1.81 bits per heavy atom. The van der Waals surface area contributed by atoms with Gasteiger partial charge < -0.3 is 9.47 Å². The van der Waals surface area contributed by atoms with Crippen molar-refractivity contribution >= 4 is 5.91 Å². The van der Waals surface area contributed by atoms with Gasteiger partial charge in [0, 0.05) is 63.1 Å². The molecule has 0 unspecified atom stereocenters. The highest BCUT2D eigenvalue weighted by atomic mass is 16.2. The first-order chi connectivity index (χ1) is 15.3. The first-order valence-electron chi connectivity index (χ1n) is 11.3. The van der Waals surface area contributed by atoms with Crippen LogP contribution in [0.4, 0.5) is 0 Å². The zero-order valence-electron chi connectivity index (χ0n) is 17.8. The number of rotatable bonds is 4. The van der Waals surface area contributed by atoms with Crippen LogP contribution in [-0.2, 0) is 13.1 Å². The highest BCUT2D eigenvalue weighted by molar-refractivity contribution is 5.94. The summed E-state index contributed by atoms with van der Waals surface area (Å²) in [7, 11) is 0. The fourth-order valence-corrected chi connectivity index (χ4v) is 5.12. The summed E-state index contributed by atoms with van der Waals surface area (Å²) in [6, 6.07) is 14.1. The fraction of sp³-hybridized carbons (Fsp3) is 0.400. The van der Waals surface area contributed by atoms with Crippen molar-refractivity contribution in [3.8, 4) is 0 Å². The Morgan fingerprint density at radius 1 is 0.968 bits per heavy atom. The summed E-state index contributed by atoms with van der Waals surface area (Å²) in [4.78, 5) is 26.6. The zero-order chi connectivity index (χ0) is 21.0. The molecule has 1 amide bonds. The average molecular weight is 416 g/mol. The van der Waals surface area contributed by atoms with Crippen molar-refractivity contribution in [1.82, 2.24) is 24.3 Å². The predicted octanol–water partition coefficient (Wildman–Crippen LogP) is 3.78. The van der Waals surface area contributed by atoms with Crippen LogP contribution in [0.15, 0.2) is 67.3 Å². The van der Waals surface area contributed by atoms with Gasteiger partial charge >= 0.3 is 0 Å². The number of benzene rings is 1. The molecule has 1 aromatic carbocycles. The van der Waals surface area contributed by atoms with Gasteiger partial charge in [0.2, 0.25) is 0 Å². The largest absolute Gasteiger partial charge is 0.339 e. The van der Waals surface area contributed by atoms with Gasteiger partial charge in [-0.1, -0.05) is 24.3 Å². The second kappa shape index (κ2) is 9.02. The minimum Gasteiger partial charge on any atom is -0.339 e. The van der Waals surface area contributed by atoms with Crippen LogP contribution in [0.3, 0.4) is 0 Å². The van der Waals surface area contributed by atoms with Gasteiger partial charge in [0.05, 0.1) is 6.04 Å². The molecule has 1 fully saturated rings. The van der Waals surface area contributed by atoms with E-state index in [9.17, 15) is 4.79 Å². The highest BCUT2D eigenvalue weighted by Crippen LogP contribution is 2.37. The summed E-state index contributed by atoms with van der Waals surface area (Å²) in [5.41, 5.74) is 2.02. The molecule has 31 heavy (non-hydrogen) atoms. The van der Waals surface area contributed by atoms with Crippen LogP contribution in [0.2, 0.25) is 0 Å². The molecule has 0 spiro atoms. The van der Waals surface area contributed by atoms with E-state index in [1.807, 2.05) is 59.9 Å². The molecule has 0 bridgehead atoms. The van der Waals surface area contributed by atoms with Gasteiger partial charge in [-0.3, -0.25) is 14.7 Å². The monoisotopic (exact) mass is 415 g/mol. The van der Waals surface area contributed by atoms with E-state index in [-0.39, 0.29) is 11.9 Å². The lowest BCUT2D eigenvalue weighted by atomic mass is 9.87. The average Bonchev–Trinajstić information content (AvgIpc) is 3.21. The van der Waals surface area contributed by atoms with Crippen LogP contribution < -0.4 is 0 Å². The van der Waals surface area contributed by atoms with Gasteiger partial charge in [-0.05, 0) is 48.9 Å². The molecule has 0 aliphatic carbocycles. The number of piperidine rings is 1. The van der Waals surface area contributed by atoms with E-state index in [1.165, 1.54) is 11.4 Å². The molecule has 0 saturated carbocycles. The summed E-state index contributed by atoms with van der Waals surface area (Å²) in [6.07, 6.45) is 11.0. The quantitative estimate of drug-likeness (QED) is 0.651. The minimum absolute atomic E-state index is 0.147. The number of aromatic nitrogens is 3. The summed E-state index contributed by atoms with van der Waals surface area (Å²) >= 11 is 0. The van der Waals surface area contributed by atoms with E-state index in [2.05, 4.69) is 26.7 Å². The summed E-state index contributed by atoms with van der Waals surface area (Å²) in [5.74, 6) is 1.80. The smallest absolute Gasteiger partial charge is 0.253 e. The Kier molecular flexibility index (Phi) is 5.80. The van der Waals surface area contributed by atoms with Crippen LogP contribution in [0.25, 0.3) is 0 Å². The van der Waals surface area contributed by atoms with Gasteiger partial charge in [0.1, 0.15) is 5.82 Å². The highest BCUT2D eigenvalue weighted by Gasteiger charge is 2.36. The Bertz CT molecular complexity index is 995. The van der Waals surface area contributed by atoms with Gasteiger partial charge in [-0.15, -0.1) is 0 Å². The fourth-order valence-electron chi connectivity index (χ4n) is 5.12. The Balaban J connectivity index is 1.34. The molecule has 4 heterocycles. The van der Waals surface area contributed by atoms with Crippen molar-refractivity contribution in [1.29, 1.82) is 0 Å². The number of pyridine rings is 1. The lowest BCUT2D eigenvalue weighted by Gasteiger charge is -2.40. The third-order valence-electron chi connectivity index (χ3n) is 6.65. The van der Waals surface area contributed by atoms with Crippen molar-refractivity contribution in [3.05, 3.63) is 84.2 Å². The topological polar surface area (TPSA) is 54.3 Å². The third-order valence-corrected chi connectivity index (χ3v) is 6.65. The van der Waals surface area contributed by atoms with E-state index in [0.29, 0.717) is 5.92 Å². The maximum Gasteiger partial charge on any atom is 0.253 e. The molecule has 160 valence electrons. The first-order valence-corrected chi connectivity index (χ1v) is 11.3. The number of nitrogens with zero attached hydrogens (tertiary/aromatic N) is 5. The molecule has 6 heteroatoms. The Hall–Kier alpha value is -2.99. The zero-order valence-corrected chi connectivity index (χ0v) is 17.8. The van der Waals surface area contributed by atoms with Crippen LogP contribution in [0.1, 0.15) is 47.1 Å². The normalized spacial score (nSPS) is 20.3. The molecular formula is C25H29N5O. The lowest BCUT2D eigenvalue weighted by molar-refractivity contribution is 0.0556. The van der Waals surface area contributed by atoms with E-state index in [4.69, 9.17) is 4.98 Å². The molecule has 3 aromatic rings. The maximum atomic E-state index is 12.9. The van der Waals surface area contributed by atoms with Crippen LogP contribution in [0.5, 0.6) is 0 Å². The molecule has 2 aromatic heterocycles. The maximum absolute atomic E-state index is 12.9. The van der Waals surface area contributed by atoms with E-state index in [0.717, 1.165) is 57.5 Å². The van der Waals surface area contributed by atoms with Crippen LogP contribution in [0, 0.1) is 5.92 Å². The van der Waals surface area contributed by atoms with Crippen molar-refractivity contribution in [2.75, 3.05) is 19.6 Å². The van der Waals surface area contributed by atoms with E-state index >= 15 is 0 Å². The van der Waals surface area contributed by atoms with Gasteiger partial charge in [0.15, 0.2) is 0 Å². The number of likely N-dealkylation sites (tertiary alicyclic amines) is 1. The predicted molar refractivity (Wildman–Crippen MR) is 119 cm³/mol. The molecule has 0 N–H and O–H groups in total.